The van der Waals surface area contributed by atoms with E-state index in [-0.39, 0.29) is 12.5 Å². The van der Waals surface area contributed by atoms with Gasteiger partial charge in [-0.05, 0) is 36.7 Å². The largest absolute Gasteiger partial charge is 0.387 e. The monoisotopic (exact) mass is 369 g/mol. The molecule has 134 valence electrons. The maximum Gasteiger partial charge on any atom is 0.268 e. The summed E-state index contributed by atoms with van der Waals surface area (Å²) in [6.45, 7) is 1.46. The molecule has 2 heterocycles. The first kappa shape index (κ1) is 17.1. The molecule has 1 amide bonds. The molecule has 4 rings (SSSR count). The number of aromatic amines is 1. The quantitative estimate of drug-likeness (QED) is 0.571. The van der Waals surface area contributed by atoms with Crippen molar-refractivity contribution >= 4 is 28.4 Å². The van der Waals surface area contributed by atoms with Crippen molar-refractivity contribution < 1.29 is 9.90 Å². The highest BCUT2D eigenvalue weighted by Gasteiger charge is 2.32. The summed E-state index contributed by atoms with van der Waals surface area (Å²) in [7, 11) is 0. The van der Waals surface area contributed by atoms with E-state index in [0.29, 0.717) is 23.7 Å². The highest BCUT2D eigenvalue weighted by Crippen LogP contribution is 2.34. The first-order valence-electron chi connectivity index (χ1n) is 8.64. The summed E-state index contributed by atoms with van der Waals surface area (Å²) in [5.41, 5.74) is 2.19. The number of halogens is 1. The summed E-state index contributed by atoms with van der Waals surface area (Å²) in [6, 6.07) is 15.3. The maximum atomic E-state index is 12.9. The van der Waals surface area contributed by atoms with Gasteiger partial charge in [-0.25, -0.2) is 0 Å². The SMILES string of the molecule is O=C(NCC1(O)CCNC1)c1[nH]c2ccc(Cl)cc2c1-c1ccccc1. The number of aliphatic hydroxyl groups is 1. The Bertz CT molecular complexity index is 946. The molecule has 1 aliphatic heterocycles. The maximum absolute atomic E-state index is 12.9. The Kier molecular flexibility index (Phi) is 4.44. The minimum Gasteiger partial charge on any atom is -0.387 e. The smallest absolute Gasteiger partial charge is 0.268 e. The van der Waals surface area contributed by atoms with Gasteiger partial charge in [0, 0.05) is 34.6 Å². The van der Waals surface area contributed by atoms with Crippen molar-refractivity contribution in [3.05, 3.63) is 59.2 Å². The van der Waals surface area contributed by atoms with Crippen LogP contribution in [0, 0.1) is 0 Å². The Morgan fingerprint density at radius 2 is 2.04 bits per heavy atom. The average Bonchev–Trinajstić information content (AvgIpc) is 3.24. The lowest BCUT2D eigenvalue weighted by Gasteiger charge is -2.21. The molecule has 1 aromatic heterocycles. The van der Waals surface area contributed by atoms with Crippen LogP contribution in [-0.4, -0.2) is 41.2 Å². The van der Waals surface area contributed by atoms with Crippen molar-refractivity contribution in [1.29, 1.82) is 0 Å². The van der Waals surface area contributed by atoms with Crippen molar-refractivity contribution in [2.24, 2.45) is 0 Å². The lowest BCUT2D eigenvalue weighted by molar-refractivity contribution is 0.0561. The number of nitrogens with one attached hydrogen (secondary N) is 3. The van der Waals surface area contributed by atoms with E-state index < -0.39 is 5.60 Å². The molecule has 0 saturated carbocycles. The second-order valence-corrected chi connectivity index (χ2v) is 7.20. The summed E-state index contributed by atoms with van der Waals surface area (Å²) in [4.78, 5) is 16.1. The second kappa shape index (κ2) is 6.76. The normalized spacial score (nSPS) is 19.8. The van der Waals surface area contributed by atoms with Gasteiger partial charge in [-0.3, -0.25) is 4.79 Å². The number of fused-ring (bicyclic) bond motifs is 1. The fourth-order valence-corrected chi connectivity index (χ4v) is 3.63. The summed E-state index contributed by atoms with van der Waals surface area (Å²) < 4.78 is 0. The van der Waals surface area contributed by atoms with Crippen molar-refractivity contribution in [2.45, 2.75) is 12.0 Å². The minimum atomic E-state index is -0.891. The van der Waals surface area contributed by atoms with Gasteiger partial charge >= 0.3 is 0 Å². The van der Waals surface area contributed by atoms with Crippen molar-refractivity contribution in [3.8, 4) is 11.1 Å². The fraction of sp³-hybridized carbons (Fsp3) is 0.250. The van der Waals surface area contributed by atoms with Crippen LogP contribution in [0.5, 0.6) is 0 Å². The van der Waals surface area contributed by atoms with Crippen LogP contribution in [0.1, 0.15) is 16.9 Å². The zero-order valence-corrected chi connectivity index (χ0v) is 14.9. The van der Waals surface area contributed by atoms with E-state index >= 15 is 0 Å². The molecule has 1 atom stereocenters. The Hall–Kier alpha value is -2.34. The molecule has 0 radical (unpaired) electrons. The summed E-state index contributed by atoms with van der Waals surface area (Å²) in [5, 5.41) is 18.0. The zero-order chi connectivity index (χ0) is 18.1. The lowest BCUT2D eigenvalue weighted by atomic mass is 10.0. The van der Waals surface area contributed by atoms with E-state index in [1.165, 1.54) is 0 Å². The number of H-pyrrole nitrogens is 1. The van der Waals surface area contributed by atoms with Gasteiger partial charge in [0.2, 0.25) is 0 Å². The number of amides is 1. The molecule has 1 fully saturated rings. The molecule has 5 nitrogen and oxygen atoms in total. The number of rotatable bonds is 4. The number of carbonyl (C=O) groups is 1. The van der Waals surface area contributed by atoms with Gasteiger partial charge in [0.05, 0.1) is 5.60 Å². The summed E-state index contributed by atoms with van der Waals surface area (Å²) in [5.74, 6) is -0.239. The molecule has 0 aliphatic carbocycles. The Labute approximate surface area is 156 Å². The van der Waals surface area contributed by atoms with Crippen LogP contribution in [0.3, 0.4) is 0 Å². The van der Waals surface area contributed by atoms with E-state index in [2.05, 4.69) is 15.6 Å². The molecule has 26 heavy (non-hydrogen) atoms. The van der Waals surface area contributed by atoms with Gasteiger partial charge in [0.1, 0.15) is 5.69 Å². The molecule has 1 saturated heterocycles. The highest BCUT2D eigenvalue weighted by atomic mass is 35.5. The summed E-state index contributed by atoms with van der Waals surface area (Å²) >= 11 is 6.18. The van der Waals surface area contributed by atoms with Gasteiger partial charge in [0.25, 0.3) is 5.91 Å². The third-order valence-electron chi connectivity index (χ3n) is 4.85. The molecular formula is C20H20ClN3O2. The van der Waals surface area contributed by atoms with Crippen LogP contribution in [0.15, 0.2) is 48.5 Å². The predicted molar refractivity (Wildman–Crippen MR) is 104 cm³/mol. The molecule has 3 aromatic rings. The van der Waals surface area contributed by atoms with Gasteiger partial charge in [-0.1, -0.05) is 41.9 Å². The van der Waals surface area contributed by atoms with Crippen LogP contribution in [0.4, 0.5) is 0 Å². The molecular weight excluding hydrogens is 350 g/mol. The molecule has 1 aliphatic rings. The third-order valence-corrected chi connectivity index (χ3v) is 5.08. The van der Waals surface area contributed by atoms with Crippen molar-refractivity contribution in [1.82, 2.24) is 15.6 Å². The molecule has 0 bridgehead atoms. The van der Waals surface area contributed by atoms with Gasteiger partial charge in [0.15, 0.2) is 0 Å². The van der Waals surface area contributed by atoms with Crippen molar-refractivity contribution in [3.63, 3.8) is 0 Å². The van der Waals surface area contributed by atoms with Crippen LogP contribution < -0.4 is 10.6 Å². The summed E-state index contributed by atoms with van der Waals surface area (Å²) in [6.07, 6.45) is 0.626. The average molecular weight is 370 g/mol. The van der Waals surface area contributed by atoms with E-state index in [1.807, 2.05) is 42.5 Å². The van der Waals surface area contributed by atoms with Crippen LogP contribution >= 0.6 is 11.6 Å². The number of hydrogen-bond acceptors (Lipinski definition) is 3. The molecule has 0 spiro atoms. The molecule has 4 N–H and O–H groups in total. The Morgan fingerprint density at radius 3 is 2.77 bits per heavy atom. The second-order valence-electron chi connectivity index (χ2n) is 6.76. The number of β-amino-alcohol motifs (C(OH)–C–C–N with tert-alkyl or cyclic N) is 1. The van der Waals surface area contributed by atoms with E-state index in [9.17, 15) is 9.90 Å². The van der Waals surface area contributed by atoms with Crippen LogP contribution in [0.2, 0.25) is 5.02 Å². The lowest BCUT2D eigenvalue weighted by Crippen LogP contribution is -2.44. The topological polar surface area (TPSA) is 77.2 Å². The molecule has 1 unspecified atom stereocenters. The highest BCUT2D eigenvalue weighted by molar-refractivity contribution is 6.31. The van der Waals surface area contributed by atoms with Crippen LogP contribution in [-0.2, 0) is 0 Å². The first-order chi connectivity index (χ1) is 12.6. The van der Waals surface area contributed by atoms with Gasteiger partial charge in [-0.2, -0.15) is 0 Å². The number of carbonyl (C=O) groups excluding carboxylic acids is 1. The minimum absolute atomic E-state index is 0.211. The first-order valence-corrected chi connectivity index (χ1v) is 9.01. The number of aromatic nitrogens is 1. The fourth-order valence-electron chi connectivity index (χ4n) is 3.45. The van der Waals surface area contributed by atoms with Crippen molar-refractivity contribution in [2.75, 3.05) is 19.6 Å². The van der Waals surface area contributed by atoms with E-state index in [4.69, 9.17) is 11.6 Å². The van der Waals surface area contributed by atoms with E-state index in [1.54, 1.807) is 6.07 Å². The van der Waals surface area contributed by atoms with E-state index in [0.717, 1.165) is 28.6 Å². The van der Waals surface area contributed by atoms with Gasteiger partial charge < -0.3 is 20.7 Å². The number of benzene rings is 2. The standard InChI is InChI=1S/C20H20ClN3O2/c21-14-6-7-16-15(10-14)17(13-4-2-1-3-5-13)18(24-16)19(25)23-12-20(26)8-9-22-11-20/h1-7,10,22,24,26H,8-9,11-12H2,(H,23,25). The molecule has 2 aromatic carbocycles. The predicted octanol–water partition coefficient (Wildman–Crippen LogP) is 2.94. The zero-order valence-electron chi connectivity index (χ0n) is 14.2. The number of hydrogen-bond donors (Lipinski definition) is 4. The molecule has 6 heteroatoms. The third kappa shape index (κ3) is 3.21. The van der Waals surface area contributed by atoms with Gasteiger partial charge in [-0.15, -0.1) is 0 Å². The Balaban J connectivity index is 1.73. The van der Waals surface area contributed by atoms with Crippen LogP contribution in [0.25, 0.3) is 22.0 Å². The Morgan fingerprint density at radius 1 is 1.23 bits per heavy atom.